The zero-order valence-corrected chi connectivity index (χ0v) is 12.2. The van der Waals surface area contributed by atoms with Gasteiger partial charge in [0.05, 0.1) is 13.2 Å². The highest BCUT2D eigenvalue weighted by Crippen LogP contribution is 1.93. The summed E-state index contributed by atoms with van der Waals surface area (Å²) in [5, 5.41) is 0. The minimum Gasteiger partial charge on any atom is -0.379 e. The molecule has 0 bridgehead atoms. The van der Waals surface area contributed by atoms with E-state index in [2.05, 4.69) is 26.2 Å². The van der Waals surface area contributed by atoms with E-state index in [0.29, 0.717) is 0 Å². The van der Waals surface area contributed by atoms with Crippen molar-refractivity contribution in [3.05, 3.63) is 17.9 Å². The summed E-state index contributed by atoms with van der Waals surface area (Å²) in [5.41, 5.74) is 3.84. The first-order valence-electron chi connectivity index (χ1n) is 6.67. The molecule has 0 unspecified atom stereocenters. The molecule has 0 fully saturated rings. The summed E-state index contributed by atoms with van der Waals surface area (Å²) in [4.78, 5) is 0. The maximum atomic E-state index is 5.36. The van der Waals surface area contributed by atoms with Crippen molar-refractivity contribution in [1.29, 1.82) is 0 Å². The lowest BCUT2D eigenvalue weighted by atomic mass is 10.3. The van der Waals surface area contributed by atoms with Crippen LogP contribution in [0.3, 0.4) is 0 Å². The van der Waals surface area contributed by atoms with Gasteiger partial charge in [-0.25, -0.2) is 0 Å². The Hall–Kier alpha value is -0.560. The van der Waals surface area contributed by atoms with E-state index in [1.165, 1.54) is 19.3 Å². The van der Waals surface area contributed by atoms with Crippen LogP contribution in [-0.2, 0) is 9.47 Å². The van der Waals surface area contributed by atoms with Gasteiger partial charge in [0.2, 0.25) is 0 Å². The lowest BCUT2D eigenvalue weighted by molar-refractivity contribution is 0.0466. The van der Waals surface area contributed by atoms with Gasteiger partial charge in [-0.1, -0.05) is 33.3 Å². The summed E-state index contributed by atoms with van der Waals surface area (Å²) in [6, 6.07) is 0. The molecule has 0 rings (SSSR count). The van der Waals surface area contributed by atoms with Gasteiger partial charge in [-0.15, -0.1) is 5.73 Å². The molecule has 0 radical (unpaired) electrons. The second kappa shape index (κ2) is 17.8. The minimum absolute atomic E-state index is 0.750. The number of allylic oxidation sites excluding steroid dienone is 1. The first kappa shape index (κ1) is 18.8. The molecule has 0 aliphatic rings. The molecule has 0 N–H and O–H groups in total. The van der Waals surface area contributed by atoms with Crippen LogP contribution in [0.5, 0.6) is 0 Å². The smallest absolute Gasteiger partial charge is 0.0700 e. The van der Waals surface area contributed by atoms with Crippen LogP contribution >= 0.6 is 0 Å². The summed E-state index contributed by atoms with van der Waals surface area (Å²) in [5.74, 6) is 0. The van der Waals surface area contributed by atoms with E-state index in [-0.39, 0.29) is 0 Å². The van der Waals surface area contributed by atoms with Gasteiger partial charge in [0, 0.05) is 13.2 Å². The third-order valence-corrected chi connectivity index (χ3v) is 1.97. The van der Waals surface area contributed by atoms with E-state index in [4.69, 9.17) is 9.47 Å². The zero-order chi connectivity index (χ0) is 13.4. The molecule has 0 saturated carbocycles. The Morgan fingerprint density at radius 2 is 1.41 bits per heavy atom. The SMILES string of the molecule is C=C=C(C)C.CCCCCOCCOCCC. The Morgan fingerprint density at radius 1 is 0.882 bits per heavy atom. The molecule has 0 aliphatic heterocycles. The number of rotatable bonds is 9. The van der Waals surface area contributed by atoms with Crippen molar-refractivity contribution in [2.45, 2.75) is 53.4 Å². The average Bonchev–Trinajstić information content (AvgIpc) is 2.33. The molecule has 0 aromatic rings. The van der Waals surface area contributed by atoms with Gasteiger partial charge in [-0.3, -0.25) is 0 Å². The first-order valence-corrected chi connectivity index (χ1v) is 6.67. The molecule has 102 valence electrons. The molecule has 0 aromatic carbocycles. The van der Waals surface area contributed by atoms with Crippen molar-refractivity contribution >= 4 is 0 Å². The normalized spacial score (nSPS) is 9.18. The van der Waals surface area contributed by atoms with Gasteiger partial charge in [0.15, 0.2) is 0 Å². The van der Waals surface area contributed by atoms with Crippen LogP contribution in [0.25, 0.3) is 0 Å². The predicted molar refractivity (Wildman–Crippen MR) is 75.5 cm³/mol. The number of unbranched alkanes of at least 4 members (excludes halogenated alkanes) is 2. The maximum Gasteiger partial charge on any atom is 0.0700 e. The van der Waals surface area contributed by atoms with E-state index in [1.807, 2.05) is 13.8 Å². The molecular formula is C15H30O2. The molecule has 0 aromatic heterocycles. The Balaban J connectivity index is 0. The molecule has 0 heterocycles. The number of hydrogen-bond acceptors (Lipinski definition) is 2. The van der Waals surface area contributed by atoms with Gasteiger partial charge >= 0.3 is 0 Å². The van der Waals surface area contributed by atoms with Crippen molar-refractivity contribution < 1.29 is 9.47 Å². The Bertz CT molecular complexity index is 167. The quantitative estimate of drug-likeness (QED) is 0.442. The summed E-state index contributed by atoms with van der Waals surface area (Å²) in [6.45, 7) is 14.9. The Labute approximate surface area is 108 Å². The fraction of sp³-hybridized carbons (Fsp3) is 0.800. The third-order valence-electron chi connectivity index (χ3n) is 1.97. The van der Waals surface area contributed by atoms with E-state index in [9.17, 15) is 0 Å². The Morgan fingerprint density at radius 3 is 1.82 bits per heavy atom. The molecule has 0 amide bonds. The van der Waals surface area contributed by atoms with Gasteiger partial charge in [0.25, 0.3) is 0 Å². The average molecular weight is 242 g/mol. The summed E-state index contributed by atoms with van der Waals surface area (Å²) < 4.78 is 10.6. The highest BCUT2D eigenvalue weighted by Gasteiger charge is 1.88. The van der Waals surface area contributed by atoms with Crippen LogP contribution in [0.2, 0.25) is 0 Å². The van der Waals surface area contributed by atoms with Crippen LogP contribution in [-0.4, -0.2) is 26.4 Å². The van der Waals surface area contributed by atoms with E-state index in [0.717, 1.165) is 38.4 Å². The van der Waals surface area contributed by atoms with Gasteiger partial charge in [-0.05, 0) is 32.3 Å². The number of hydrogen-bond donors (Lipinski definition) is 0. The van der Waals surface area contributed by atoms with Crippen molar-refractivity contribution in [1.82, 2.24) is 0 Å². The topological polar surface area (TPSA) is 18.5 Å². The summed E-state index contributed by atoms with van der Waals surface area (Å²) in [6.07, 6.45) is 4.81. The second-order valence-corrected chi connectivity index (χ2v) is 4.11. The van der Waals surface area contributed by atoms with E-state index in [1.54, 1.807) is 0 Å². The second-order valence-electron chi connectivity index (χ2n) is 4.11. The summed E-state index contributed by atoms with van der Waals surface area (Å²) >= 11 is 0. The van der Waals surface area contributed by atoms with Crippen LogP contribution in [0.4, 0.5) is 0 Å². The molecule has 2 nitrogen and oxygen atoms in total. The van der Waals surface area contributed by atoms with Crippen molar-refractivity contribution in [2.75, 3.05) is 26.4 Å². The third kappa shape index (κ3) is 25.6. The van der Waals surface area contributed by atoms with Gasteiger partial charge in [0.1, 0.15) is 0 Å². The standard InChI is InChI=1S/C10H22O2.C5H8/c1-3-5-6-8-12-10-9-11-7-4-2;1-4-5(2)3/h3-10H2,1-2H3;1H2,2-3H3. The highest BCUT2D eigenvalue weighted by atomic mass is 16.5. The maximum absolute atomic E-state index is 5.36. The lowest BCUT2D eigenvalue weighted by Gasteiger charge is -2.03. The van der Waals surface area contributed by atoms with E-state index >= 15 is 0 Å². The zero-order valence-electron chi connectivity index (χ0n) is 12.2. The Kier molecular flexibility index (Phi) is 19.7. The fourth-order valence-corrected chi connectivity index (χ4v) is 0.920. The first-order chi connectivity index (χ1) is 8.18. The largest absolute Gasteiger partial charge is 0.379 e. The molecular weight excluding hydrogens is 212 g/mol. The van der Waals surface area contributed by atoms with Crippen molar-refractivity contribution in [2.24, 2.45) is 0 Å². The number of ether oxygens (including phenoxy) is 2. The minimum atomic E-state index is 0.750. The lowest BCUT2D eigenvalue weighted by Crippen LogP contribution is -2.05. The molecule has 0 saturated heterocycles. The van der Waals surface area contributed by atoms with Gasteiger partial charge < -0.3 is 9.47 Å². The van der Waals surface area contributed by atoms with Crippen LogP contribution in [0.1, 0.15) is 53.4 Å². The monoisotopic (exact) mass is 242 g/mol. The van der Waals surface area contributed by atoms with Crippen LogP contribution in [0, 0.1) is 0 Å². The molecule has 17 heavy (non-hydrogen) atoms. The molecule has 0 atom stereocenters. The van der Waals surface area contributed by atoms with E-state index < -0.39 is 0 Å². The van der Waals surface area contributed by atoms with Crippen molar-refractivity contribution in [3.63, 3.8) is 0 Å². The summed E-state index contributed by atoms with van der Waals surface area (Å²) in [7, 11) is 0. The highest BCUT2D eigenvalue weighted by molar-refractivity contribution is 4.87. The van der Waals surface area contributed by atoms with Crippen LogP contribution < -0.4 is 0 Å². The van der Waals surface area contributed by atoms with Gasteiger partial charge in [-0.2, -0.15) is 0 Å². The predicted octanol–water partition coefficient (Wildman–Crippen LogP) is 4.36. The molecule has 0 spiro atoms. The molecule has 0 aliphatic carbocycles. The van der Waals surface area contributed by atoms with Crippen LogP contribution in [0.15, 0.2) is 17.9 Å². The van der Waals surface area contributed by atoms with Crippen molar-refractivity contribution in [3.8, 4) is 0 Å². The fourth-order valence-electron chi connectivity index (χ4n) is 0.920. The molecule has 2 heteroatoms.